The van der Waals surface area contributed by atoms with Crippen molar-refractivity contribution in [2.45, 2.75) is 0 Å². The Morgan fingerprint density at radius 2 is 2.31 bits per heavy atom. The molecule has 0 spiro atoms. The van der Waals surface area contributed by atoms with Crippen molar-refractivity contribution >= 4 is 17.6 Å². The van der Waals surface area contributed by atoms with Crippen molar-refractivity contribution in [3.8, 4) is 0 Å². The zero-order chi connectivity index (χ0) is 9.84. The predicted octanol–water partition coefficient (Wildman–Crippen LogP) is -0.294. The minimum atomic E-state index is -0.461. The second kappa shape index (κ2) is 3.61. The van der Waals surface area contributed by atoms with Crippen LogP contribution in [0.15, 0.2) is 17.3 Å². The van der Waals surface area contributed by atoms with E-state index in [1.54, 1.807) is 0 Å². The number of esters is 1. The number of nitrogens with zero attached hydrogens (tertiary/aromatic N) is 1. The number of nitrogens with one attached hydrogen (secondary N) is 1. The van der Waals surface area contributed by atoms with Gasteiger partial charge in [0.2, 0.25) is 0 Å². The van der Waals surface area contributed by atoms with Gasteiger partial charge in [-0.05, 0) is 6.07 Å². The third kappa shape index (κ3) is 2.22. The molecule has 0 aromatic carbocycles. The Morgan fingerprint density at radius 3 is 2.85 bits per heavy atom. The van der Waals surface area contributed by atoms with Gasteiger partial charge in [0.25, 0.3) is 0 Å². The van der Waals surface area contributed by atoms with E-state index < -0.39 is 5.97 Å². The molecule has 0 saturated heterocycles. The topological polar surface area (TPSA) is 106 Å². The number of carbonyl (C=O) groups excluding carboxylic acids is 1. The summed E-state index contributed by atoms with van der Waals surface area (Å²) in [4.78, 5) is 17.3. The first-order valence-corrected chi connectivity index (χ1v) is 3.50. The largest absolute Gasteiger partial charge is 0.464 e. The van der Waals surface area contributed by atoms with Crippen LogP contribution in [0.2, 0.25) is 0 Å². The Hall–Kier alpha value is -1.98. The summed E-state index contributed by atoms with van der Waals surface area (Å²) in [7, 11) is 1.30. The van der Waals surface area contributed by atoms with Crippen LogP contribution in [0.1, 0.15) is 10.5 Å². The van der Waals surface area contributed by atoms with Gasteiger partial charge in [0.15, 0.2) is 5.96 Å². The summed E-state index contributed by atoms with van der Waals surface area (Å²) < 4.78 is 4.47. The number of methoxy groups -OCH3 is 1. The molecule has 0 unspecified atom stereocenters. The molecular formula is C7H10N4O2. The third-order valence-corrected chi connectivity index (χ3v) is 1.33. The second-order valence-electron chi connectivity index (χ2n) is 2.30. The average Bonchev–Trinajstić information content (AvgIpc) is 2.50. The molecule has 0 radical (unpaired) electrons. The van der Waals surface area contributed by atoms with Crippen molar-refractivity contribution in [3.05, 3.63) is 18.0 Å². The van der Waals surface area contributed by atoms with Gasteiger partial charge in [0.05, 0.1) is 12.8 Å². The number of aromatic amines is 1. The highest BCUT2D eigenvalue weighted by molar-refractivity contribution is 5.89. The van der Waals surface area contributed by atoms with Crippen molar-refractivity contribution < 1.29 is 9.53 Å². The Morgan fingerprint density at radius 1 is 1.62 bits per heavy atom. The summed E-state index contributed by atoms with van der Waals surface area (Å²) in [5.74, 6) is -0.521. The monoisotopic (exact) mass is 182 g/mol. The fraction of sp³-hybridized carbons (Fsp3) is 0.143. The molecule has 6 heteroatoms. The molecule has 1 rings (SSSR count). The van der Waals surface area contributed by atoms with E-state index in [-0.39, 0.29) is 5.96 Å². The molecule has 13 heavy (non-hydrogen) atoms. The van der Waals surface area contributed by atoms with Crippen molar-refractivity contribution in [1.82, 2.24) is 4.98 Å². The Balaban J connectivity index is 2.87. The van der Waals surface area contributed by atoms with E-state index in [0.717, 1.165) is 0 Å². The van der Waals surface area contributed by atoms with E-state index in [1.165, 1.54) is 19.4 Å². The molecule has 0 fully saturated rings. The number of carbonyl (C=O) groups is 1. The standard InChI is InChI=1S/C7H10N4O2/c1-13-6(12)5-2-4(3-10-5)11-7(8)9/h2-3,10H,1H3,(H4,8,9,11). The molecule has 0 amide bonds. The summed E-state index contributed by atoms with van der Waals surface area (Å²) in [6.07, 6.45) is 1.51. The normalized spacial score (nSPS) is 9.31. The Kier molecular flexibility index (Phi) is 2.53. The molecule has 0 saturated carbocycles. The molecule has 5 N–H and O–H groups in total. The number of guanidine groups is 1. The fourth-order valence-corrected chi connectivity index (χ4v) is 0.824. The summed E-state index contributed by atoms with van der Waals surface area (Å²) >= 11 is 0. The molecule has 1 aromatic heterocycles. The van der Waals surface area contributed by atoms with Crippen molar-refractivity contribution in [1.29, 1.82) is 0 Å². The second-order valence-corrected chi connectivity index (χ2v) is 2.30. The van der Waals surface area contributed by atoms with Gasteiger partial charge in [-0.1, -0.05) is 0 Å². The number of hydrogen-bond donors (Lipinski definition) is 3. The van der Waals surface area contributed by atoms with Gasteiger partial charge in [-0.15, -0.1) is 0 Å². The maximum absolute atomic E-state index is 10.9. The highest BCUT2D eigenvalue weighted by atomic mass is 16.5. The van der Waals surface area contributed by atoms with Crippen molar-refractivity contribution in [2.24, 2.45) is 16.5 Å². The summed E-state index contributed by atoms with van der Waals surface area (Å²) in [6, 6.07) is 1.49. The van der Waals surface area contributed by atoms with Crippen LogP contribution in [0.5, 0.6) is 0 Å². The maximum Gasteiger partial charge on any atom is 0.354 e. The van der Waals surface area contributed by atoms with Gasteiger partial charge in [0.1, 0.15) is 5.69 Å². The lowest BCUT2D eigenvalue weighted by atomic mass is 10.4. The van der Waals surface area contributed by atoms with E-state index in [4.69, 9.17) is 11.5 Å². The van der Waals surface area contributed by atoms with Gasteiger partial charge < -0.3 is 21.2 Å². The number of aromatic nitrogens is 1. The van der Waals surface area contributed by atoms with Gasteiger partial charge in [-0.3, -0.25) is 0 Å². The zero-order valence-corrected chi connectivity index (χ0v) is 7.07. The summed E-state index contributed by atoms with van der Waals surface area (Å²) in [6.45, 7) is 0. The van der Waals surface area contributed by atoms with E-state index in [1.807, 2.05) is 0 Å². The highest BCUT2D eigenvalue weighted by Crippen LogP contribution is 2.13. The minimum absolute atomic E-state index is 0.0598. The maximum atomic E-state index is 10.9. The third-order valence-electron chi connectivity index (χ3n) is 1.33. The van der Waals surface area contributed by atoms with Crippen LogP contribution in [0.4, 0.5) is 5.69 Å². The number of aliphatic imine (C=N–C) groups is 1. The van der Waals surface area contributed by atoms with Crippen LogP contribution < -0.4 is 11.5 Å². The van der Waals surface area contributed by atoms with Crippen LogP contribution in [-0.4, -0.2) is 24.0 Å². The molecule has 1 heterocycles. The van der Waals surface area contributed by atoms with Crippen LogP contribution in [0, 0.1) is 0 Å². The molecular weight excluding hydrogens is 172 g/mol. The minimum Gasteiger partial charge on any atom is -0.464 e. The number of nitrogens with two attached hydrogens (primary N) is 2. The first-order chi connectivity index (χ1) is 6.13. The Labute approximate surface area is 74.6 Å². The molecule has 70 valence electrons. The number of ether oxygens (including phenoxy) is 1. The van der Waals surface area contributed by atoms with Crippen molar-refractivity contribution in [3.63, 3.8) is 0 Å². The molecule has 0 aliphatic carbocycles. The first kappa shape index (κ1) is 9.11. The van der Waals surface area contributed by atoms with E-state index in [0.29, 0.717) is 11.4 Å². The molecule has 1 aromatic rings. The molecule has 6 nitrogen and oxygen atoms in total. The van der Waals surface area contributed by atoms with Crippen LogP contribution in [-0.2, 0) is 4.74 Å². The van der Waals surface area contributed by atoms with E-state index >= 15 is 0 Å². The van der Waals surface area contributed by atoms with Gasteiger partial charge in [-0.25, -0.2) is 9.79 Å². The van der Waals surface area contributed by atoms with E-state index in [2.05, 4.69) is 14.7 Å². The number of hydrogen-bond acceptors (Lipinski definition) is 3. The summed E-state index contributed by atoms with van der Waals surface area (Å²) in [5, 5.41) is 0. The molecule has 0 bridgehead atoms. The molecule has 0 aliphatic heterocycles. The Bertz CT molecular complexity index is 338. The zero-order valence-electron chi connectivity index (χ0n) is 7.07. The highest BCUT2D eigenvalue weighted by Gasteiger charge is 2.07. The van der Waals surface area contributed by atoms with Crippen molar-refractivity contribution in [2.75, 3.05) is 7.11 Å². The van der Waals surface area contributed by atoms with Gasteiger partial charge in [0, 0.05) is 6.20 Å². The summed E-state index contributed by atoms with van der Waals surface area (Å²) in [5.41, 5.74) is 11.1. The lowest BCUT2D eigenvalue weighted by molar-refractivity contribution is 0.0595. The smallest absolute Gasteiger partial charge is 0.354 e. The first-order valence-electron chi connectivity index (χ1n) is 3.50. The van der Waals surface area contributed by atoms with Gasteiger partial charge >= 0.3 is 5.97 Å². The quantitative estimate of drug-likeness (QED) is 0.331. The van der Waals surface area contributed by atoms with Crippen LogP contribution in [0.3, 0.4) is 0 Å². The predicted molar refractivity (Wildman–Crippen MR) is 47.6 cm³/mol. The fourth-order valence-electron chi connectivity index (χ4n) is 0.824. The lowest BCUT2D eigenvalue weighted by Gasteiger charge is -1.91. The molecule has 0 aliphatic rings. The molecule has 0 atom stereocenters. The van der Waals surface area contributed by atoms with Crippen LogP contribution >= 0.6 is 0 Å². The number of H-pyrrole nitrogens is 1. The van der Waals surface area contributed by atoms with Gasteiger partial charge in [-0.2, -0.15) is 0 Å². The lowest BCUT2D eigenvalue weighted by Crippen LogP contribution is -2.21. The SMILES string of the molecule is COC(=O)c1cc(N=C(N)N)c[nH]1. The average molecular weight is 182 g/mol. The number of rotatable bonds is 2. The van der Waals surface area contributed by atoms with E-state index in [9.17, 15) is 4.79 Å². The van der Waals surface area contributed by atoms with Crippen LogP contribution in [0.25, 0.3) is 0 Å².